The molecule has 53 heavy (non-hydrogen) atoms. The Morgan fingerprint density at radius 3 is 1.68 bits per heavy atom. The number of rotatable bonds is 33. The van der Waals surface area contributed by atoms with E-state index in [-0.39, 0.29) is 31.7 Å². The Labute approximate surface area is 319 Å². The number of carbonyl (C=O) groups excluding carboxylic acids is 2. The number of ether oxygens (including phenoxy) is 3. The van der Waals surface area contributed by atoms with E-state index in [1.54, 1.807) is 0 Å². The SMILES string of the molecule is CC/C=C\C/C=C\C/C=C\C/C=C\C/C=C\CCCC(=O)O[C@H](COC(=O)CCCC1OC1C/C=C\C/C=C\C/C=C\CCCCC)COP(=O)(O)O. The van der Waals surface area contributed by atoms with Crippen molar-refractivity contribution in [3.63, 3.8) is 0 Å². The first-order valence-corrected chi connectivity index (χ1v) is 21.2. The number of hydrogen-bond acceptors (Lipinski definition) is 7. The molecule has 0 radical (unpaired) electrons. The third-order valence-electron chi connectivity index (χ3n) is 8.01. The maximum atomic E-state index is 12.4. The minimum absolute atomic E-state index is 0.111. The minimum Gasteiger partial charge on any atom is -0.462 e. The average molecular weight is 759 g/mol. The van der Waals surface area contributed by atoms with Crippen molar-refractivity contribution in [2.24, 2.45) is 0 Å². The van der Waals surface area contributed by atoms with Crippen molar-refractivity contribution in [1.29, 1.82) is 0 Å². The normalized spacial score (nSPS) is 17.4. The van der Waals surface area contributed by atoms with Crippen LogP contribution in [0, 0.1) is 0 Å². The van der Waals surface area contributed by atoms with Crippen LogP contribution < -0.4 is 0 Å². The zero-order valence-electron chi connectivity index (χ0n) is 32.3. The molecule has 0 aromatic carbocycles. The van der Waals surface area contributed by atoms with E-state index in [0.29, 0.717) is 19.3 Å². The van der Waals surface area contributed by atoms with Gasteiger partial charge in [-0.3, -0.25) is 14.1 Å². The van der Waals surface area contributed by atoms with Crippen LogP contribution in [0.4, 0.5) is 0 Å². The van der Waals surface area contributed by atoms with Gasteiger partial charge in [0.1, 0.15) is 6.61 Å². The van der Waals surface area contributed by atoms with Crippen molar-refractivity contribution in [2.75, 3.05) is 13.2 Å². The van der Waals surface area contributed by atoms with Crippen LogP contribution in [0.3, 0.4) is 0 Å². The molecule has 1 rings (SSSR count). The fourth-order valence-electron chi connectivity index (χ4n) is 5.02. The van der Waals surface area contributed by atoms with E-state index in [2.05, 4.69) is 103 Å². The third-order valence-corrected chi connectivity index (χ3v) is 8.50. The number of esters is 2. The van der Waals surface area contributed by atoms with Crippen LogP contribution in [-0.4, -0.2) is 53.3 Å². The highest BCUT2D eigenvalue weighted by molar-refractivity contribution is 7.46. The van der Waals surface area contributed by atoms with Crippen LogP contribution in [0.25, 0.3) is 0 Å². The molecule has 1 aliphatic rings. The van der Waals surface area contributed by atoms with Crippen molar-refractivity contribution in [1.82, 2.24) is 0 Å². The monoisotopic (exact) mass is 758 g/mol. The summed E-state index contributed by atoms with van der Waals surface area (Å²) in [7, 11) is -4.80. The van der Waals surface area contributed by atoms with E-state index in [1.807, 2.05) is 12.2 Å². The van der Waals surface area contributed by atoms with E-state index >= 15 is 0 Å². The zero-order valence-corrected chi connectivity index (χ0v) is 33.2. The Balaban J connectivity index is 2.20. The topological polar surface area (TPSA) is 132 Å². The predicted molar refractivity (Wildman–Crippen MR) is 215 cm³/mol. The summed E-state index contributed by atoms with van der Waals surface area (Å²) in [6.07, 6.45) is 48.7. The summed E-state index contributed by atoms with van der Waals surface area (Å²) in [6, 6.07) is 0. The molecule has 0 amide bonds. The lowest BCUT2D eigenvalue weighted by atomic mass is 10.1. The number of phosphoric acid groups is 1. The molecule has 2 N–H and O–H groups in total. The van der Waals surface area contributed by atoms with Crippen LogP contribution in [0.15, 0.2) is 97.2 Å². The molecule has 0 aromatic rings. The summed E-state index contributed by atoms with van der Waals surface area (Å²) >= 11 is 0. The maximum Gasteiger partial charge on any atom is 0.469 e. The van der Waals surface area contributed by atoms with Crippen LogP contribution in [0.2, 0.25) is 0 Å². The summed E-state index contributed by atoms with van der Waals surface area (Å²) < 4.78 is 32.0. The molecule has 0 aliphatic carbocycles. The Morgan fingerprint density at radius 1 is 0.623 bits per heavy atom. The molecule has 298 valence electrons. The lowest BCUT2D eigenvalue weighted by Crippen LogP contribution is -2.29. The molecular weight excluding hydrogens is 691 g/mol. The molecule has 0 spiro atoms. The largest absolute Gasteiger partial charge is 0.469 e. The lowest BCUT2D eigenvalue weighted by molar-refractivity contribution is -0.161. The first kappa shape index (κ1) is 48.0. The van der Waals surface area contributed by atoms with Gasteiger partial charge in [0.25, 0.3) is 0 Å². The van der Waals surface area contributed by atoms with Gasteiger partial charge in [-0.1, -0.05) is 124 Å². The number of epoxide rings is 1. The average Bonchev–Trinajstić information content (AvgIpc) is 3.88. The van der Waals surface area contributed by atoms with Crippen molar-refractivity contribution >= 4 is 19.8 Å². The van der Waals surface area contributed by atoms with E-state index in [1.165, 1.54) is 19.3 Å². The fraction of sp³-hybridized carbons (Fsp3) is 0.581. The number of carbonyl (C=O) groups is 2. The summed E-state index contributed by atoms with van der Waals surface area (Å²) in [6.45, 7) is 3.41. The third kappa shape index (κ3) is 33.3. The van der Waals surface area contributed by atoms with E-state index < -0.39 is 32.5 Å². The van der Waals surface area contributed by atoms with E-state index in [0.717, 1.165) is 64.2 Å². The Morgan fingerprint density at radius 2 is 1.13 bits per heavy atom. The van der Waals surface area contributed by atoms with Gasteiger partial charge in [-0.15, -0.1) is 0 Å². The number of phosphoric ester groups is 1. The van der Waals surface area contributed by atoms with E-state index in [9.17, 15) is 14.2 Å². The van der Waals surface area contributed by atoms with Crippen molar-refractivity contribution in [3.8, 4) is 0 Å². The highest BCUT2D eigenvalue weighted by Crippen LogP contribution is 2.36. The summed E-state index contributed by atoms with van der Waals surface area (Å²) in [5.41, 5.74) is 0. The van der Waals surface area contributed by atoms with Gasteiger partial charge < -0.3 is 24.0 Å². The smallest absolute Gasteiger partial charge is 0.462 e. The van der Waals surface area contributed by atoms with Gasteiger partial charge in [-0.05, 0) is 89.9 Å². The van der Waals surface area contributed by atoms with Crippen LogP contribution >= 0.6 is 7.82 Å². The molecule has 1 fully saturated rings. The molecule has 1 heterocycles. The highest BCUT2D eigenvalue weighted by atomic mass is 31.2. The summed E-state index contributed by atoms with van der Waals surface area (Å²) in [5.74, 6) is -1.04. The fourth-order valence-corrected chi connectivity index (χ4v) is 5.38. The first-order valence-electron chi connectivity index (χ1n) is 19.7. The second-order valence-electron chi connectivity index (χ2n) is 12.9. The molecule has 10 heteroatoms. The van der Waals surface area contributed by atoms with Crippen molar-refractivity contribution in [3.05, 3.63) is 97.2 Å². The summed E-state index contributed by atoms with van der Waals surface area (Å²) in [4.78, 5) is 42.9. The zero-order chi connectivity index (χ0) is 38.7. The van der Waals surface area contributed by atoms with Gasteiger partial charge in [-0.25, -0.2) is 4.57 Å². The Bertz CT molecular complexity index is 1240. The van der Waals surface area contributed by atoms with Gasteiger partial charge in [-0.2, -0.15) is 0 Å². The number of hydrogen-bond donors (Lipinski definition) is 2. The summed E-state index contributed by atoms with van der Waals surface area (Å²) in [5, 5.41) is 0. The number of allylic oxidation sites excluding steroid dienone is 15. The second kappa shape index (κ2) is 33.5. The van der Waals surface area contributed by atoms with Gasteiger partial charge >= 0.3 is 19.8 Å². The van der Waals surface area contributed by atoms with Gasteiger partial charge in [0.2, 0.25) is 0 Å². The van der Waals surface area contributed by atoms with Crippen LogP contribution in [0.5, 0.6) is 0 Å². The molecule has 1 aliphatic heterocycles. The van der Waals surface area contributed by atoms with Crippen molar-refractivity contribution in [2.45, 2.75) is 148 Å². The molecule has 0 aromatic heterocycles. The minimum atomic E-state index is -4.80. The molecular formula is C43H67O9P. The van der Waals surface area contributed by atoms with Gasteiger partial charge in [0.15, 0.2) is 6.10 Å². The molecule has 0 saturated carbocycles. The van der Waals surface area contributed by atoms with E-state index in [4.69, 9.17) is 24.0 Å². The highest BCUT2D eigenvalue weighted by Gasteiger charge is 2.36. The van der Waals surface area contributed by atoms with Crippen LogP contribution in [-0.2, 0) is 32.9 Å². The molecule has 0 bridgehead atoms. The predicted octanol–water partition coefficient (Wildman–Crippen LogP) is 10.8. The lowest BCUT2D eigenvalue weighted by Gasteiger charge is -2.18. The first-order chi connectivity index (χ1) is 25.7. The Kier molecular flexibility index (Phi) is 30.3. The molecule has 1 saturated heterocycles. The molecule has 3 atom stereocenters. The molecule has 2 unspecified atom stereocenters. The standard InChI is InChI=1S/C43H67O9P/c1-3-5-7-9-11-13-15-17-18-19-20-21-23-25-27-29-31-35-43(45)51-39(38-50-53(46,47)48)37-49-42(44)36-32-34-41-40(52-41)33-30-28-26-24-22-16-14-12-10-8-6-4-2/h5,7,11-14,17-18,20-22,24-25,27-28,30,39-41H,3-4,6,8-10,15-16,19,23,26,29,31-38H2,1-2H3,(H2,46,47,48)/b7-5-,13-11-,14-12-,18-17-,21-20-,24-22-,27-25-,30-28-/t39-,40?,41?/m1/s1. The molecule has 9 nitrogen and oxygen atoms in total. The quantitative estimate of drug-likeness (QED) is 0.0221. The van der Waals surface area contributed by atoms with Crippen LogP contribution in [0.1, 0.15) is 129 Å². The van der Waals surface area contributed by atoms with Gasteiger partial charge in [0.05, 0.1) is 18.8 Å². The van der Waals surface area contributed by atoms with Gasteiger partial charge in [0, 0.05) is 12.8 Å². The second-order valence-corrected chi connectivity index (χ2v) is 14.1. The maximum absolute atomic E-state index is 12.4. The Hall–Kier alpha value is -3.07. The van der Waals surface area contributed by atoms with Crippen molar-refractivity contribution < 1.29 is 42.7 Å². The number of unbranched alkanes of at least 4 members (excludes halogenated alkanes) is 4.